The zero-order valence-corrected chi connectivity index (χ0v) is 13.0. The number of para-hydroxylation sites is 1. The van der Waals surface area contributed by atoms with E-state index in [1.54, 1.807) is 17.7 Å². The van der Waals surface area contributed by atoms with E-state index >= 15 is 0 Å². The zero-order chi connectivity index (χ0) is 14.1. The highest BCUT2D eigenvalue weighted by atomic mass is 127. The lowest BCUT2D eigenvalue weighted by Crippen LogP contribution is -3.63. The smallest absolute Gasteiger partial charge is 0.263 e. The van der Waals surface area contributed by atoms with Gasteiger partial charge in [-0.2, -0.15) is 0 Å². The molecule has 1 aromatic heterocycles. The van der Waals surface area contributed by atoms with Crippen molar-refractivity contribution in [3.05, 3.63) is 82.3 Å². The van der Waals surface area contributed by atoms with Gasteiger partial charge in [0.15, 0.2) is 7.14 Å². The molecule has 3 nitrogen and oxygen atoms in total. The molecule has 0 aliphatic carbocycles. The van der Waals surface area contributed by atoms with Gasteiger partial charge in [0.05, 0.1) is 5.43 Å². The van der Waals surface area contributed by atoms with Crippen LogP contribution < -0.4 is 32.2 Å². The molecule has 0 N–H and O–H groups in total. The first-order valence-electron chi connectivity index (χ1n) is 6.17. The van der Waals surface area contributed by atoms with Gasteiger partial charge >= 0.3 is 0 Å². The van der Waals surface area contributed by atoms with Crippen LogP contribution in [-0.2, 0) is 7.05 Å². The Morgan fingerprint density at radius 1 is 0.950 bits per heavy atom. The second kappa shape index (κ2) is 5.28. The van der Waals surface area contributed by atoms with Crippen molar-refractivity contribution >= 4 is 10.9 Å². The third-order valence-electron chi connectivity index (χ3n) is 3.14. The number of benzene rings is 2. The van der Waals surface area contributed by atoms with Crippen LogP contribution in [0.3, 0.4) is 0 Å². The molecule has 0 bridgehead atoms. The lowest BCUT2D eigenvalue weighted by Gasteiger charge is -2.10. The summed E-state index contributed by atoms with van der Waals surface area (Å²) in [6.45, 7) is 0. The molecule has 0 aliphatic rings. The summed E-state index contributed by atoms with van der Waals surface area (Å²) in [5, 5.41) is 0.625. The highest BCUT2D eigenvalue weighted by molar-refractivity contribution is 5.78. The maximum atomic E-state index is 12.5. The minimum atomic E-state index is -0.752. The highest BCUT2D eigenvalue weighted by Crippen LogP contribution is 2.05. The number of aromatic nitrogens is 1. The van der Waals surface area contributed by atoms with Gasteiger partial charge in [0, 0.05) is 7.05 Å². The first-order valence-corrected chi connectivity index (χ1v) is 8.33. The van der Waals surface area contributed by atoms with Gasteiger partial charge < -0.3 is 9.36 Å². The molecule has 0 aliphatic heterocycles. The summed E-state index contributed by atoms with van der Waals surface area (Å²) in [5.41, 5.74) is 0.425. The third kappa shape index (κ3) is 2.20. The van der Waals surface area contributed by atoms with Gasteiger partial charge in [0.25, 0.3) is 21.2 Å². The topological polar surface area (TPSA) is 39.1 Å². The lowest BCUT2D eigenvalue weighted by atomic mass is 10.2. The second-order valence-corrected chi connectivity index (χ2v) is 7.28. The van der Waals surface area contributed by atoms with E-state index in [0.717, 1.165) is 3.57 Å². The second-order valence-electron chi connectivity index (χ2n) is 4.41. The molecule has 0 saturated carbocycles. The van der Waals surface area contributed by atoms with Crippen molar-refractivity contribution in [3.8, 4) is 0 Å². The third-order valence-corrected chi connectivity index (χ3v) is 5.97. The molecule has 0 radical (unpaired) electrons. The van der Waals surface area contributed by atoms with Gasteiger partial charge in [-0.1, -0.05) is 36.4 Å². The van der Waals surface area contributed by atoms with Gasteiger partial charge in [-0.05, 0) is 17.6 Å². The number of hydrogen-bond acceptors (Lipinski definition) is 2. The number of fused-ring (bicyclic) bond motifs is 1. The van der Waals surface area contributed by atoms with E-state index in [-0.39, 0.29) is 11.0 Å². The fourth-order valence-corrected chi connectivity index (χ4v) is 4.63. The van der Waals surface area contributed by atoms with Gasteiger partial charge in [-0.3, -0.25) is 4.79 Å². The van der Waals surface area contributed by atoms with Crippen LogP contribution >= 0.6 is 0 Å². The maximum absolute atomic E-state index is 12.5. The van der Waals surface area contributed by atoms with Gasteiger partial charge in [-0.15, -0.1) is 11.5 Å². The van der Waals surface area contributed by atoms with E-state index in [9.17, 15) is 9.59 Å². The molecule has 0 saturated heterocycles. The van der Waals surface area contributed by atoms with Crippen LogP contribution in [0, 0.1) is 7.14 Å². The Morgan fingerprint density at radius 2 is 1.60 bits per heavy atom. The van der Waals surface area contributed by atoms with Crippen molar-refractivity contribution in [2.75, 3.05) is 0 Å². The van der Waals surface area contributed by atoms with Gasteiger partial charge in [0.1, 0.15) is 0 Å². The number of rotatable bonds is 2. The Morgan fingerprint density at radius 3 is 2.35 bits per heavy atom. The summed E-state index contributed by atoms with van der Waals surface area (Å²) < 4.78 is 3.10. The molecular weight excluding hydrogens is 365 g/mol. The van der Waals surface area contributed by atoms with Crippen LogP contribution in [0.2, 0.25) is 0 Å². The van der Waals surface area contributed by atoms with E-state index in [1.165, 1.54) is 0 Å². The van der Waals surface area contributed by atoms with E-state index in [2.05, 4.69) is 0 Å². The molecule has 100 valence electrons. The molecule has 0 spiro atoms. The van der Waals surface area contributed by atoms with Gasteiger partial charge in [-0.25, -0.2) is 0 Å². The highest BCUT2D eigenvalue weighted by Gasteiger charge is 2.17. The van der Waals surface area contributed by atoms with Gasteiger partial charge in [0.2, 0.25) is 5.56 Å². The molecule has 4 heteroatoms. The monoisotopic (exact) mass is 377 g/mol. The van der Waals surface area contributed by atoms with Crippen LogP contribution in [-0.4, -0.2) is 4.57 Å². The Bertz CT molecular complexity index is 878. The van der Waals surface area contributed by atoms with E-state index < -0.39 is 21.2 Å². The molecular formula is C16H12INO2. The van der Waals surface area contributed by atoms with E-state index in [4.69, 9.17) is 0 Å². The zero-order valence-electron chi connectivity index (χ0n) is 10.8. The number of aryl methyl sites for hydroxylation is 1. The minimum absolute atomic E-state index is 0.111. The summed E-state index contributed by atoms with van der Waals surface area (Å²) in [6.07, 6.45) is 0. The molecule has 1 heterocycles. The minimum Gasteiger partial charge on any atom is -0.340 e. The Hall–Kier alpha value is -1.82. The molecule has 3 rings (SSSR count). The molecule has 0 fully saturated rings. The summed E-state index contributed by atoms with van der Waals surface area (Å²) in [7, 11) is 1.72. The molecule has 0 atom stereocenters. The SMILES string of the molecule is Cn1c(=O)[c-]([I+]c2ccccc2)c(=O)c2ccccc21. The average Bonchev–Trinajstić information content (AvgIpc) is 2.50. The predicted molar refractivity (Wildman–Crippen MR) is 74.9 cm³/mol. The van der Waals surface area contributed by atoms with Crippen molar-refractivity contribution in [2.24, 2.45) is 7.05 Å². The maximum Gasteiger partial charge on any atom is 0.263 e. The van der Waals surface area contributed by atoms with E-state index in [1.807, 2.05) is 48.5 Å². The van der Waals surface area contributed by atoms with Crippen LogP contribution in [0.4, 0.5) is 0 Å². The summed E-state index contributed by atoms with van der Waals surface area (Å²) in [6, 6.07) is 17.0. The Balaban J connectivity index is 2.27. The molecule has 0 unspecified atom stereocenters. The van der Waals surface area contributed by atoms with E-state index in [0.29, 0.717) is 14.5 Å². The summed E-state index contributed by atoms with van der Waals surface area (Å²) in [5.74, 6) is 0. The standard InChI is InChI=1S/C16H12INO2/c1-18-13-10-6-5-9-12(13)15(19)14(16(18)20)17-11-7-3-2-4-8-11/h2-10H,1H3. The largest absolute Gasteiger partial charge is 0.340 e. The number of nitrogens with zero attached hydrogens (tertiary/aromatic N) is 1. The first kappa shape index (κ1) is 13.2. The predicted octanol–water partition coefficient (Wildman–Crippen LogP) is -1.25. The van der Waals surface area contributed by atoms with Crippen molar-refractivity contribution in [3.63, 3.8) is 0 Å². The summed E-state index contributed by atoms with van der Waals surface area (Å²) >= 11 is -0.752. The van der Waals surface area contributed by atoms with Crippen molar-refractivity contribution < 1.29 is 21.2 Å². The number of hydrogen-bond donors (Lipinski definition) is 0. The molecule has 0 amide bonds. The number of halogens is 1. The lowest BCUT2D eigenvalue weighted by molar-refractivity contribution is -0.600. The van der Waals surface area contributed by atoms with Crippen LogP contribution in [0.1, 0.15) is 0 Å². The van der Waals surface area contributed by atoms with Crippen molar-refractivity contribution in [2.45, 2.75) is 0 Å². The fraction of sp³-hybridized carbons (Fsp3) is 0.0625. The normalized spacial score (nSPS) is 10.8. The fourth-order valence-electron chi connectivity index (χ4n) is 2.10. The Labute approximate surface area is 126 Å². The molecule has 3 aromatic rings. The van der Waals surface area contributed by atoms with Crippen LogP contribution in [0.15, 0.2) is 64.2 Å². The molecule has 2 aromatic carbocycles. The summed E-state index contributed by atoms with van der Waals surface area (Å²) in [4.78, 5) is 24.9. The average molecular weight is 377 g/mol. The Kier molecular flexibility index (Phi) is 3.48. The first-order chi connectivity index (χ1) is 9.68. The molecule has 20 heavy (non-hydrogen) atoms. The van der Waals surface area contributed by atoms with Crippen LogP contribution in [0.25, 0.3) is 10.9 Å². The van der Waals surface area contributed by atoms with Crippen LogP contribution in [0.5, 0.6) is 0 Å². The van der Waals surface area contributed by atoms with Crippen molar-refractivity contribution in [1.29, 1.82) is 0 Å². The van der Waals surface area contributed by atoms with Crippen molar-refractivity contribution in [1.82, 2.24) is 4.57 Å². The quantitative estimate of drug-likeness (QED) is 0.414. The number of pyridine rings is 1.